The monoisotopic (exact) mass is 271 g/mol. The van der Waals surface area contributed by atoms with Gasteiger partial charge in [-0.05, 0) is 24.6 Å². The Kier molecular flexibility index (Phi) is 3.57. The number of benzene rings is 1. The predicted molar refractivity (Wildman–Crippen MR) is 61.2 cm³/mol. The molecule has 0 amide bonds. The third kappa shape index (κ3) is 3.31. The van der Waals surface area contributed by atoms with Crippen molar-refractivity contribution in [3.05, 3.63) is 47.3 Å². The van der Waals surface area contributed by atoms with Gasteiger partial charge in [0.05, 0.1) is 24.4 Å². The molecule has 1 aromatic carbocycles. The quantitative estimate of drug-likeness (QED) is 0.932. The van der Waals surface area contributed by atoms with Gasteiger partial charge in [-0.1, -0.05) is 17.3 Å². The summed E-state index contributed by atoms with van der Waals surface area (Å²) in [5, 5.41) is 16.8. The van der Waals surface area contributed by atoms with Gasteiger partial charge >= 0.3 is 6.18 Å². The highest BCUT2D eigenvalue weighted by Crippen LogP contribution is 2.29. The van der Waals surface area contributed by atoms with Gasteiger partial charge in [-0.3, -0.25) is 0 Å². The van der Waals surface area contributed by atoms with E-state index in [4.69, 9.17) is 0 Å². The van der Waals surface area contributed by atoms with Crippen LogP contribution in [0.15, 0.2) is 30.5 Å². The number of aliphatic hydroxyl groups excluding tert-OH is 1. The Labute approximate surface area is 107 Å². The zero-order valence-electron chi connectivity index (χ0n) is 10.1. The molecule has 0 unspecified atom stereocenters. The van der Waals surface area contributed by atoms with Crippen molar-refractivity contribution in [2.45, 2.75) is 25.7 Å². The van der Waals surface area contributed by atoms with Crippen molar-refractivity contribution in [3.8, 4) is 0 Å². The second kappa shape index (κ2) is 5.00. The summed E-state index contributed by atoms with van der Waals surface area (Å²) in [6.45, 7) is 1.87. The topological polar surface area (TPSA) is 50.9 Å². The lowest BCUT2D eigenvalue weighted by molar-refractivity contribution is -0.137. The number of nitrogens with zero attached hydrogens (tertiary/aromatic N) is 3. The molecule has 0 aliphatic heterocycles. The molecular formula is C12H12F3N3O. The second-order valence-electron chi connectivity index (χ2n) is 4.21. The van der Waals surface area contributed by atoms with Crippen molar-refractivity contribution in [3.63, 3.8) is 0 Å². The fourth-order valence-electron chi connectivity index (χ4n) is 1.57. The number of aliphatic hydroxyl groups is 1. The third-order valence-corrected chi connectivity index (χ3v) is 2.61. The van der Waals surface area contributed by atoms with Crippen LogP contribution in [0.2, 0.25) is 0 Å². The van der Waals surface area contributed by atoms with Crippen LogP contribution in [0.25, 0.3) is 0 Å². The van der Waals surface area contributed by atoms with E-state index in [2.05, 4.69) is 10.3 Å². The Hall–Kier alpha value is -1.89. The smallest absolute Gasteiger partial charge is 0.387 e. The van der Waals surface area contributed by atoms with Gasteiger partial charge in [0, 0.05) is 0 Å². The molecule has 0 bridgehead atoms. The highest BCUT2D eigenvalue weighted by Gasteiger charge is 2.29. The summed E-state index contributed by atoms with van der Waals surface area (Å²) in [6, 6.07) is 4.85. The molecule has 7 heteroatoms. The van der Waals surface area contributed by atoms with Gasteiger partial charge in [0.15, 0.2) is 0 Å². The van der Waals surface area contributed by atoms with Gasteiger partial charge in [-0.15, -0.1) is 5.10 Å². The van der Waals surface area contributed by atoms with Crippen molar-refractivity contribution in [1.29, 1.82) is 0 Å². The van der Waals surface area contributed by atoms with Crippen molar-refractivity contribution >= 4 is 0 Å². The summed E-state index contributed by atoms with van der Waals surface area (Å²) in [6.07, 6.45) is -3.49. The first-order valence-corrected chi connectivity index (χ1v) is 5.60. The Morgan fingerprint density at radius 3 is 2.37 bits per heavy atom. The summed E-state index contributed by atoms with van der Waals surface area (Å²) in [4.78, 5) is 0. The maximum absolute atomic E-state index is 12.4. The number of hydrogen-bond donors (Lipinski definition) is 1. The largest absolute Gasteiger partial charge is 0.416 e. The summed E-state index contributed by atoms with van der Waals surface area (Å²) in [5.41, 5.74) is 0.418. The zero-order chi connectivity index (χ0) is 14.0. The van der Waals surface area contributed by atoms with Crippen molar-refractivity contribution in [2.24, 2.45) is 0 Å². The van der Waals surface area contributed by atoms with Crippen LogP contribution in [0.1, 0.15) is 29.8 Å². The number of rotatable bonds is 3. The molecule has 19 heavy (non-hydrogen) atoms. The minimum atomic E-state index is -4.33. The predicted octanol–water partition coefficient (Wildman–Crippen LogP) is 2.40. The summed E-state index contributed by atoms with van der Waals surface area (Å²) < 4.78 is 38.6. The van der Waals surface area contributed by atoms with Crippen LogP contribution in [0.3, 0.4) is 0 Å². The van der Waals surface area contributed by atoms with Crippen LogP contribution < -0.4 is 0 Å². The van der Waals surface area contributed by atoms with E-state index in [1.165, 1.54) is 16.8 Å². The average Bonchev–Trinajstić information content (AvgIpc) is 2.77. The molecule has 0 radical (unpaired) electrons. The number of aromatic nitrogens is 3. The SMILES string of the molecule is C[C@@H](O)c1cn(Cc2ccc(C(F)(F)F)cc2)nn1. The fourth-order valence-corrected chi connectivity index (χ4v) is 1.57. The summed E-state index contributed by atoms with van der Waals surface area (Å²) in [7, 11) is 0. The van der Waals surface area contributed by atoms with Gasteiger partial charge < -0.3 is 5.11 Å². The molecule has 2 rings (SSSR count). The Balaban J connectivity index is 2.11. The molecule has 0 saturated carbocycles. The molecule has 1 heterocycles. The molecule has 1 atom stereocenters. The highest BCUT2D eigenvalue weighted by molar-refractivity contribution is 5.24. The molecule has 0 aliphatic rings. The van der Waals surface area contributed by atoms with E-state index in [9.17, 15) is 18.3 Å². The first-order chi connectivity index (χ1) is 8.86. The minimum absolute atomic E-state index is 0.303. The van der Waals surface area contributed by atoms with Gasteiger partial charge in [0.25, 0.3) is 0 Å². The molecule has 1 aromatic heterocycles. The zero-order valence-corrected chi connectivity index (χ0v) is 10.1. The molecule has 102 valence electrons. The van der Waals surface area contributed by atoms with E-state index in [0.29, 0.717) is 17.8 Å². The highest BCUT2D eigenvalue weighted by atomic mass is 19.4. The molecule has 2 aromatic rings. The first-order valence-electron chi connectivity index (χ1n) is 5.60. The number of hydrogen-bond acceptors (Lipinski definition) is 3. The molecule has 0 aliphatic carbocycles. The summed E-state index contributed by atoms with van der Waals surface area (Å²) >= 11 is 0. The van der Waals surface area contributed by atoms with E-state index in [1.54, 1.807) is 13.1 Å². The van der Waals surface area contributed by atoms with E-state index >= 15 is 0 Å². The Morgan fingerprint density at radius 2 is 1.89 bits per heavy atom. The molecule has 4 nitrogen and oxygen atoms in total. The van der Waals surface area contributed by atoms with Crippen LogP contribution >= 0.6 is 0 Å². The molecule has 1 N–H and O–H groups in total. The van der Waals surface area contributed by atoms with Crippen LogP contribution in [-0.4, -0.2) is 20.1 Å². The normalized spacial score (nSPS) is 13.5. The fraction of sp³-hybridized carbons (Fsp3) is 0.333. The van der Waals surface area contributed by atoms with E-state index in [-0.39, 0.29) is 0 Å². The van der Waals surface area contributed by atoms with Gasteiger partial charge in [-0.2, -0.15) is 13.2 Å². The molecule has 0 saturated heterocycles. The van der Waals surface area contributed by atoms with Crippen molar-refractivity contribution in [1.82, 2.24) is 15.0 Å². The first kappa shape index (κ1) is 13.5. The standard InChI is InChI=1S/C12H12F3N3O/c1-8(19)11-7-18(17-16-11)6-9-2-4-10(5-3-9)12(13,14)15/h2-5,7-8,19H,6H2,1H3/t8-/m1/s1. The lowest BCUT2D eigenvalue weighted by Crippen LogP contribution is -2.05. The van der Waals surface area contributed by atoms with Crippen LogP contribution in [0.4, 0.5) is 13.2 Å². The van der Waals surface area contributed by atoms with E-state index in [0.717, 1.165) is 12.1 Å². The average molecular weight is 271 g/mol. The maximum atomic E-state index is 12.4. The van der Waals surface area contributed by atoms with Gasteiger partial charge in [0.2, 0.25) is 0 Å². The molecule has 0 spiro atoms. The minimum Gasteiger partial charge on any atom is -0.387 e. The van der Waals surface area contributed by atoms with E-state index in [1.807, 2.05) is 0 Å². The third-order valence-electron chi connectivity index (χ3n) is 2.61. The van der Waals surface area contributed by atoms with Crippen molar-refractivity contribution in [2.75, 3.05) is 0 Å². The van der Waals surface area contributed by atoms with Gasteiger partial charge in [-0.25, -0.2) is 4.68 Å². The summed E-state index contributed by atoms with van der Waals surface area (Å²) in [5.74, 6) is 0. The lowest BCUT2D eigenvalue weighted by atomic mass is 10.1. The van der Waals surface area contributed by atoms with Gasteiger partial charge in [0.1, 0.15) is 5.69 Å². The second-order valence-corrected chi connectivity index (χ2v) is 4.21. The van der Waals surface area contributed by atoms with Crippen molar-refractivity contribution < 1.29 is 18.3 Å². The van der Waals surface area contributed by atoms with Crippen LogP contribution in [-0.2, 0) is 12.7 Å². The Morgan fingerprint density at radius 1 is 1.26 bits per heavy atom. The molecular weight excluding hydrogens is 259 g/mol. The van der Waals surface area contributed by atoms with E-state index < -0.39 is 17.8 Å². The molecule has 0 fully saturated rings. The maximum Gasteiger partial charge on any atom is 0.416 e. The van der Waals surface area contributed by atoms with Crippen LogP contribution in [0, 0.1) is 0 Å². The Bertz CT molecular complexity index is 546. The number of alkyl halides is 3. The number of halogens is 3. The van der Waals surface area contributed by atoms with Crippen LogP contribution in [0.5, 0.6) is 0 Å². The lowest BCUT2D eigenvalue weighted by Gasteiger charge is -2.07.